The first kappa shape index (κ1) is 17.9. The first-order chi connectivity index (χ1) is 12.5. The number of para-hydroxylation sites is 1. The number of amides is 2. The summed E-state index contributed by atoms with van der Waals surface area (Å²) in [6.07, 6.45) is 0.797. The van der Waals surface area contributed by atoms with Gasteiger partial charge in [0.05, 0.1) is 21.2 Å². The largest absolute Gasteiger partial charge is 0.478 e. The van der Waals surface area contributed by atoms with E-state index in [-0.39, 0.29) is 20.7 Å². The van der Waals surface area contributed by atoms with Crippen LogP contribution in [0.1, 0.15) is 10.4 Å². The normalized spacial score (nSPS) is 17.1. The Balaban J connectivity index is 2.05. The Morgan fingerprint density at radius 2 is 1.73 bits per heavy atom. The van der Waals surface area contributed by atoms with Crippen molar-refractivity contribution in [2.45, 2.75) is 0 Å². The van der Waals surface area contributed by atoms with Crippen LogP contribution >= 0.6 is 23.4 Å². The van der Waals surface area contributed by atoms with Crippen LogP contribution in [-0.2, 0) is 9.59 Å². The zero-order valence-electron chi connectivity index (χ0n) is 13.1. The van der Waals surface area contributed by atoms with Gasteiger partial charge in [-0.15, -0.1) is 0 Å². The lowest BCUT2D eigenvalue weighted by Crippen LogP contribution is -2.29. The molecule has 1 aliphatic rings. The minimum Gasteiger partial charge on any atom is -0.478 e. The lowest BCUT2D eigenvalue weighted by atomic mass is 10.2. The third-order valence-electron chi connectivity index (χ3n) is 3.38. The Labute approximate surface area is 157 Å². The van der Waals surface area contributed by atoms with E-state index in [1.807, 2.05) is 0 Å². The number of aliphatic carboxylic acids is 1. The van der Waals surface area contributed by atoms with Crippen LogP contribution in [0.2, 0.25) is 5.02 Å². The minimum absolute atomic E-state index is 0.0351. The number of carboxylic acids is 1. The molecule has 8 heteroatoms. The molecule has 1 aliphatic heterocycles. The van der Waals surface area contributed by atoms with Crippen LogP contribution in [0.25, 0.3) is 0 Å². The van der Waals surface area contributed by atoms with Gasteiger partial charge in [0.2, 0.25) is 0 Å². The SMILES string of the molecule is O=C(O)C=C1SC(=NC(=O)c2ccccc2Cl)N(c2ccccc2)C1=O. The molecule has 0 unspecified atom stereocenters. The molecule has 2 aromatic rings. The second-order valence-corrected chi connectivity index (χ2v) is 6.52. The maximum absolute atomic E-state index is 12.6. The van der Waals surface area contributed by atoms with Gasteiger partial charge in [-0.25, -0.2) is 4.79 Å². The van der Waals surface area contributed by atoms with Gasteiger partial charge in [0.15, 0.2) is 5.17 Å². The average Bonchev–Trinajstić information content (AvgIpc) is 2.90. The second kappa shape index (κ2) is 7.55. The molecule has 0 saturated carbocycles. The molecule has 1 N–H and O–H groups in total. The highest BCUT2D eigenvalue weighted by molar-refractivity contribution is 8.19. The number of carbonyl (C=O) groups is 3. The first-order valence-corrected chi connectivity index (χ1v) is 8.56. The summed E-state index contributed by atoms with van der Waals surface area (Å²) in [4.78, 5) is 41.2. The number of benzene rings is 2. The molecule has 1 fully saturated rings. The molecule has 6 nitrogen and oxygen atoms in total. The van der Waals surface area contributed by atoms with E-state index in [4.69, 9.17) is 16.7 Å². The average molecular weight is 387 g/mol. The molecule has 0 radical (unpaired) electrons. The predicted octanol–water partition coefficient (Wildman–Crippen LogP) is 3.58. The molecular formula is C18H11ClN2O4S. The number of thioether (sulfide) groups is 1. The van der Waals surface area contributed by atoms with Crippen molar-refractivity contribution in [3.05, 3.63) is 76.2 Å². The minimum atomic E-state index is -1.26. The van der Waals surface area contributed by atoms with Crippen molar-refractivity contribution in [3.8, 4) is 0 Å². The number of anilines is 1. The Morgan fingerprint density at radius 3 is 2.38 bits per heavy atom. The van der Waals surface area contributed by atoms with Gasteiger partial charge in [-0.2, -0.15) is 4.99 Å². The highest BCUT2D eigenvalue weighted by Crippen LogP contribution is 2.35. The Hall–Kier alpha value is -2.90. The fourth-order valence-corrected chi connectivity index (χ4v) is 3.41. The number of amidine groups is 1. The van der Waals surface area contributed by atoms with Crippen LogP contribution in [0.3, 0.4) is 0 Å². The maximum Gasteiger partial charge on any atom is 0.329 e. The molecule has 0 spiro atoms. The number of rotatable bonds is 3. The zero-order valence-corrected chi connectivity index (χ0v) is 14.7. The summed E-state index contributed by atoms with van der Waals surface area (Å²) in [6, 6.07) is 15.0. The predicted molar refractivity (Wildman–Crippen MR) is 100 cm³/mol. The zero-order chi connectivity index (χ0) is 18.7. The van der Waals surface area contributed by atoms with Crippen molar-refractivity contribution >= 4 is 52.0 Å². The van der Waals surface area contributed by atoms with E-state index in [0.29, 0.717) is 5.69 Å². The van der Waals surface area contributed by atoms with Gasteiger partial charge >= 0.3 is 5.97 Å². The summed E-state index contributed by atoms with van der Waals surface area (Å²) in [5, 5.41) is 9.25. The summed E-state index contributed by atoms with van der Waals surface area (Å²) in [7, 11) is 0. The Kier molecular flexibility index (Phi) is 5.20. The number of hydrogen-bond acceptors (Lipinski definition) is 4. The van der Waals surface area contributed by atoms with E-state index in [2.05, 4.69) is 4.99 Å². The van der Waals surface area contributed by atoms with E-state index in [9.17, 15) is 14.4 Å². The number of hydrogen-bond donors (Lipinski definition) is 1. The van der Waals surface area contributed by atoms with Crippen LogP contribution in [0, 0.1) is 0 Å². The summed E-state index contributed by atoms with van der Waals surface area (Å²) in [6.45, 7) is 0. The van der Waals surface area contributed by atoms with E-state index in [0.717, 1.165) is 17.8 Å². The fraction of sp³-hybridized carbons (Fsp3) is 0. The molecule has 26 heavy (non-hydrogen) atoms. The molecule has 1 heterocycles. The third-order valence-corrected chi connectivity index (χ3v) is 4.68. The number of carbonyl (C=O) groups excluding carboxylic acids is 2. The lowest BCUT2D eigenvalue weighted by molar-refractivity contribution is -0.131. The fourth-order valence-electron chi connectivity index (χ4n) is 2.25. The van der Waals surface area contributed by atoms with Crippen molar-refractivity contribution in [3.63, 3.8) is 0 Å². The van der Waals surface area contributed by atoms with E-state index >= 15 is 0 Å². The van der Waals surface area contributed by atoms with Crippen LogP contribution in [-0.4, -0.2) is 28.1 Å². The molecule has 2 aromatic carbocycles. The summed E-state index contributed by atoms with van der Waals surface area (Å²) in [5.41, 5.74) is 0.669. The Morgan fingerprint density at radius 1 is 1.08 bits per heavy atom. The summed E-state index contributed by atoms with van der Waals surface area (Å²) < 4.78 is 0. The standard InChI is InChI=1S/C18H11ClN2O4S/c19-13-9-5-4-8-12(13)16(24)20-18-21(11-6-2-1-3-7-11)17(25)14(26-18)10-15(22)23/h1-10H,(H,22,23). The Bertz CT molecular complexity index is 957. The summed E-state index contributed by atoms with van der Waals surface area (Å²) >= 11 is 6.84. The van der Waals surface area contributed by atoms with Gasteiger partial charge in [0.1, 0.15) is 0 Å². The quantitative estimate of drug-likeness (QED) is 0.814. The molecule has 130 valence electrons. The van der Waals surface area contributed by atoms with E-state index in [1.165, 1.54) is 11.0 Å². The van der Waals surface area contributed by atoms with Gasteiger partial charge in [-0.05, 0) is 36.0 Å². The van der Waals surface area contributed by atoms with Gasteiger partial charge in [-0.3, -0.25) is 14.5 Å². The van der Waals surface area contributed by atoms with Crippen LogP contribution < -0.4 is 4.90 Å². The van der Waals surface area contributed by atoms with Crippen LogP contribution in [0.15, 0.2) is 70.6 Å². The lowest BCUT2D eigenvalue weighted by Gasteiger charge is -2.15. The molecule has 0 bridgehead atoms. The van der Waals surface area contributed by atoms with Crippen LogP contribution in [0.4, 0.5) is 5.69 Å². The van der Waals surface area contributed by atoms with Crippen molar-refractivity contribution in [2.24, 2.45) is 4.99 Å². The van der Waals surface area contributed by atoms with Gasteiger partial charge in [0, 0.05) is 6.08 Å². The highest BCUT2D eigenvalue weighted by Gasteiger charge is 2.35. The topological polar surface area (TPSA) is 87.0 Å². The molecule has 0 aromatic heterocycles. The molecule has 0 aliphatic carbocycles. The number of aliphatic imine (C=N–C) groups is 1. The maximum atomic E-state index is 12.6. The number of nitrogens with zero attached hydrogens (tertiary/aromatic N) is 2. The van der Waals surface area contributed by atoms with Crippen molar-refractivity contribution < 1.29 is 19.5 Å². The van der Waals surface area contributed by atoms with E-state index < -0.39 is 17.8 Å². The van der Waals surface area contributed by atoms with E-state index in [1.54, 1.807) is 48.5 Å². The van der Waals surface area contributed by atoms with Crippen LogP contribution in [0.5, 0.6) is 0 Å². The van der Waals surface area contributed by atoms with Gasteiger partial charge in [0.25, 0.3) is 11.8 Å². The third kappa shape index (κ3) is 3.68. The summed E-state index contributed by atoms with van der Waals surface area (Å²) in [5.74, 6) is -2.44. The smallest absolute Gasteiger partial charge is 0.329 e. The molecular weight excluding hydrogens is 376 g/mol. The molecule has 3 rings (SSSR count). The molecule has 0 atom stereocenters. The van der Waals surface area contributed by atoms with Gasteiger partial charge < -0.3 is 5.11 Å². The number of halogens is 1. The second-order valence-electron chi connectivity index (χ2n) is 5.10. The van der Waals surface area contributed by atoms with Crippen molar-refractivity contribution in [1.82, 2.24) is 0 Å². The highest BCUT2D eigenvalue weighted by atomic mass is 35.5. The number of carboxylic acid groups (broad SMARTS) is 1. The van der Waals surface area contributed by atoms with Crippen molar-refractivity contribution in [1.29, 1.82) is 0 Å². The van der Waals surface area contributed by atoms with Crippen molar-refractivity contribution in [2.75, 3.05) is 4.90 Å². The first-order valence-electron chi connectivity index (χ1n) is 7.37. The molecule has 1 saturated heterocycles. The molecule has 2 amide bonds. The monoisotopic (exact) mass is 386 g/mol. The van der Waals surface area contributed by atoms with Gasteiger partial charge in [-0.1, -0.05) is 41.9 Å².